The third kappa shape index (κ3) is 8.78. The first kappa shape index (κ1) is 26.8. The van der Waals surface area contributed by atoms with E-state index in [9.17, 15) is 9.50 Å². The molecule has 0 aromatic heterocycles. The molecule has 2 rings (SSSR count). The Labute approximate surface area is 200 Å². The second-order valence-corrected chi connectivity index (χ2v) is 6.61. The lowest BCUT2D eigenvalue weighted by atomic mass is 10.1. The first-order valence-electron chi connectivity index (χ1n) is 9.81. The first-order chi connectivity index (χ1) is 14.5. The van der Waals surface area contributed by atoms with E-state index in [-0.39, 0.29) is 42.4 Å². The summed E-state index contributed by atoms with van der Waals surface area (Å²) in [7, 11) is 3.11. The van der Waals surface area contributed by atoms with Crippen LogP contribution in [0.2, 0.25) is 0 Å². The fraction of sp³-hybridized carbons (Fsp3) is 0.409. The standard InChI is InChI=1S/C22H30FN3O4.HI/c1-5-24-22(25-13-15(2)30-18-8-6-7-16(23)11-18)26-14-20(27)19-12-17(28-3)9-10-21(19)29-4;/h6-12,15,20,27H,5,13-14H2,1-4H3,(H2,24,25,26);1H. The zero-order valence-electron chi connectivity index (χ0n) is 18.2. The molecule has 0 saturated heterocycles. The molecule has 0 spiro atoms. The molecule has 0 fully saturated rings. The van der Waals surface area contributed by atoms with Crippen LogP contribution >= 0.6 is 24.0 Å². The molecule has 172 valence electrons. The Kier molecular flexibility index (Phi) is 12.0. The molecule has 0 heterocycles. The lowest BCUT2D eigenvalue weighted by Crippen LogP contribution is -2.42. The number of nitrogens with one attached hydrogen (secondary N) is 2. The molecule has 2 unspecified atom stereocenters. The van der Waals surface area contributed by atoms with Crippen LogP contribution in [0.1, 0.15) is 25.5 Å². The number of halogens is 2. The minimum absolute atomic E-state index is 0. The minimum atomic E-state index is -0.869. The molecular formula is C22H31FIN3O4. The maximum Gasteiger partial charge on any atom is 0.191 e. The number of nitrogens with zero attached hydrogens (tertiary/aromatic N) is 1. The van der Waals surface area contributed by atoms with Gasteiger partial charge in [0.1, 0.15) is 35.3 Å². The number of aliphatic hydroxyl groups excluding tert-OH is 1. The van der Waals surface area contributed by atoms with Crippen molar-refractivity contribution in [3.8, 4) is 17.2 Å². The Hall–Kier alpha value is -2.27. The van der Waals surface area contributed by atoms with Crippen LogP contribution in [0, 0.1) is 5.82 Å². The first-order valence-corrected chi connectivity index (χ1v) is 9.81. The van der Waals surface area contributed by atoms with Crippen molar-refractivity contribution in [2.75, 3.05) is 33.9 Å². The number of aliphatic hydroxyl groups is 1. The van der Waals surface area contributed by atoms with Gasteiger partial charge in [-0.3, -0.25) is 4.99 Å². The maximum atomic E-state index is 13.3. The summed E-state index contributed by atoms with van der Waals surface area (Å²) in [6, 6.07) is 11.3. The molecule has 0 amide bonds. The maximum absolute atomic E-state index is 13.3. The lowest BCUT2D eigenvalue weighted by molar-refractivity contribution is 0.182. The number of rotatable bonds is 10. The van der Waals surface area contributed by atoms with Gasteiger partial charge in [0.2, 0.25) is 0 Å². The Morgan fingerprint density at radius 2 is 1.87 bits per heavy atom. The van der Waals surface area contributed by atoms with Crippen LogP contribution in [0.4, 0.5) is 4.39 Å². The molecule has 0 saturated carbocycles. The van der Waals surface area contributed by atoms with Crippen LogP contribution in [0.3, 0.4) is 0 Å². The van der Waals surface area contributed by atoms with Gasteiger partial charge in [-0.25, -0.2) is 4.39 Å². The van der Waals surface area contributed by atoms with E-state index in [2.05, 4.69) is 15.6 Å². The van der Waals surface area contributed by atoms with E-state index in [1.807, 2.05) is 13.8 Å². The van der Waals surface area contributed by atoms with Crippen molar-refractivity contribution >= 4 is 29.9 Å². The molecule has 2 aromatic carbocycles. The van der Waals surface area contributed by atoms with Crippen LogP contribution < -0.4 is 24.8 Å². The number of hydrogen-bond acceptors (Lipinski definition) is 5. The average molecular weight is 547 g/mol. The molecule has 9 heteroatoms. The van der Waals surface area contributed by atoms with Crippen LogP contribution in [-0.4, -0.2) is 51.0 Å². The zero-order valence-corrected chi connectivity index (χ0v) is 20.6. The average Bonchev–Trinajstić information content (AvgIpc) is 2.75. The summed E-state index contributed by atoms with van der Waals surface area (Å²) in [4.78, 5) is 4.45. The van der Waals surface area contributed by atoms with Gasteiger partial charge in [-0.1, -0.05) is 6.07 Å². The van der Waals surface area contributed by atoms with Crippen molar-refractivity contribution in [3.05, 3.63) is 53.8 Å². The summed E-state index contributed by atoms with van der Waals surface area (Å²) >= 11 is 0. The molecule has 31 heavy (non-hydrogen) atoms. The number of benzene rings is 2. The summed E-state index contributed by atoms with van der Waals surface area (Å²) in [5.74, 6) is 1.85. The van der Waals surface area contributed by atoms with E-state index in [0.29, 0.717) is 41.9 Å². The second kappa shape index (κ2) is 13.9. The smallest absolute Gasteiger partial charge is 0.191 e. The predicted octanol–water partition coefficient (Wildman–Crippen LogP) is 3.52. The lowest BCUT2D eigenvalue weighted by Gasteiger charge is -2.19. The van der Waals surface area contributed by atoms with Crippen molar-refractivity contribution in [3.63, 3.8) is 0 Å². The fourth-order valence-electron chi connectivity index (χ4n) is 2.77. The van der Waals surface area contributed by atoms with Crippen molar-refractivity contribution in [1.29, 1.82) is 0 Å². The molecule has 0 aliphatic carbocycles. The highest BCUT2D eigenvalue weighted by Crippen LogP contribution is 2.29. The van der Waals surface area contributed by atoms with E-state index in [4.69, 9.17) is 14.2 Å². The van der Waals surface area contributed by atoms with Gasteiger partial charge < -0.3 is 30.0 Å². The normalized spacial score (nSPS) is 12.9. The topological polar surface area (TPSA) is 84.3 Å². The Morgan fingerprint density at radius 3 is 2.52 bits per heavy atom. The molecule has 3 N–H and O–H groups in total. The summed E-state index contributed by atoms with van der Waals surface area (Å²) in [5.41, 5.74) is 0.597. The highest BCUT2D eigenvalue weighted by atomic mass is 127. The van der Waals surface area contributed by atoms with Gasteiger partial charge in [0.25, 0.3) is 0 Å². The molecule has 0 aliphatic rings. The fourth-order valence-corrected chi connectivity index (χ4v) is 2.77. The highest BCUT2D eigenvalue weighted by molar-refractivity contribution is 14.0. The summed E-state index contributed by atoms with van der Waals surface area (Å²) in [5, 5.41) is 16.9. The van der Waals surface area contributed by atoms with Crippen LogP contribution in [0.5, 0.6) is 17.2 Å². The van der Waals surface area contributed by atoms with E-state index >= 15 is 0 Å². The van der Waals surface area contributed by atoms with Gasteiger partial charge in [-0.05, 0) is 44.2 Å². The van der Waals surface area contributed by atoms with E-state index in [1.165, 1.54) is 12.1 Å². The number of guanidine groups is 1. The van der Waals surface area contributed by atoms with Crippen LogP contribution in [-0.2, 0) is 0 Å². The SMILES string of the molecule is CCNC(=NCC(O)c1cc(OC)ccc1OC)NCC(C)Oc1cccc(F)c1.I. The number of methoxy groups -OCH3 is 2. The molecular weight excluding hydrogens is 516 g/mol. The molecule has 0 radical (unpaired) electrons. The van der Waals surface area contributed by atoms with Gasteiger partial charge in [0.05, 0.1) is 27.3 Å². The second-order valence-electron chi connectivity index (χ2n) is 6.61. The molecule has 2 atom stereocenters. The molecule has 7 nitrogen and oxygen atoms in total. The van der Waals surface area contributed by atoms with Gasteiger partial charge in [-0.2, -0.15) is 0 Å². The quantitative estimate of drug-likeness (QED) is 0.240. The third-order valence-corrected chi connectivity index (χ3v) is 4.25. The monoisotopic (exact) mass is 547 g/mol. The summed E-state index contributed by atoms with van der Waals surface area (Å²) in [6.07, 6.45) is -1.09. The number of hydrogen-bond donors (Lipinski definition) is 3. The third-order valence-electron chi connectivity index (χ3n) is 4.25. The molecule has 0 aliphatic heterocycles. The van der Waals surface area contributed by atoms with Crippen LogP contribution in [0.15, 0.2) is 47.5 Å². The number of aliphatic imine (C=N–C) groups is 1. The van der Waals surface area contributed by atoms with Crippen molar-refractivity contribution in [1.82, 2.24) is 10.6 Å². The van der Waals surface area contributed by atoms with Crippen molar-refractivity contribution in [2.45, 2.75) is 26.1 Å². The van der Waals surface area contributed by atoms with Crippen LogP contribution in [0.25, 0.3) is 0 Å². The summed E-state index contributed by atoms with van der Waals surface area (Å²) in [6.45, 7) is 5.05. The van der Waals surface area contributed by atoms with Gasteiger partial charge in [-0.15, -0.1) is 24.0 Å². The van der Waals surface area contributed by atoms with E-state index in [0.717, 1.165) is 0 Å². The highest BCUT2D eigenvalue weighted by Gasteiger charge is 2.15. The number of ether oxygens (including phenoxy) is 3. The largest absolute Gasteiger partial charge is 0.497 e. The predicted molar refractivity (Wildman–Crippen MR) is 130 cm³/mol. The van der Waals surface area contributed by atoms with Crippen molar-refractivity contribution < 1.29 is 23.7 Å². The van der Waals surface area contributed by atoms with Crippen molar-refractivity contribution in [2.24, 2.45) is 4.99 Å². The molecule has 2 aromatic rings. The minimum Gasteiger partial charge on any atom is -0.497 e. The van der Waals surface area contributed by atoms with E-state index < -0.39 is 6.10 Å². The molecule has 0 bridgehead atoms. The Morgan fingerprint density at radius 1 is 1.10 bits per heavy atom. The van der Waals surface area contributed by atoms with Gasteiger partial charge in [0.15, 0.2) is 5.96 Å². The van der Waals surface area contributed by atoms with Gasteiger partial charge >= 0.3 is 0 Å². The Balaban J connectivity index is 0.00000480. The summed E-state index contributed by atoms with van der Waals surface area (Å²) < 4.78 is 29.5. The van der Waals surface area contributed by atoms with Gasteiger partial charge in [0, 0.05) is 18.2 Å². The Bertz CT molecular complexity index is 838. The van der Waals surface area contributed by atoms with E-state index in [1.54, 1.807) is 44.6 Å². The zero-order chi connectivity index (χ0) is 21.9.